The molecule has 1 aromatic rings. The summed E-state index contributed by atoms with van der Waals surface area (Å²) < 4.78 is 0. The van der Waals surface area contributed by atoms with Crippen molar-refractivity contribution in [3.05, 3.63) is 29.3 Å². The smallest absolute Gasteiger partial charge is 0.261 e. The molecule has 1 aromatic carbocycles. The summed E-state index contributed by atoms with van der Waals surface area (Å²) in [6.45, 7) is -0.215. The fourth-order valence-electron chi connectivity index (χ4n) is 1.61. The van der Waals surface area contributed by atoms with Crippen molar-refractivity contribution in [2.45, 2.75) is 0 Å². The third kappa shape index (κ3) is 1.37. The van der Waals surface area contributed by atoms with Crippen LogP contribution in [0.3, 0.4) is 0 Å². The van der Waals surface area contributed by atoms with Gasteiger partial charge in [-0.1, -0.05) is 0 Å². The second-order valence-electron chi connectivity index (χ2n) is 3.29. The molecule has 2 amide bonds. The molecular formula is C10H10N2O3. The Morgan fingerprint density at radius 3 is 2.53 bits per heavy atom. The largest absolute Gasteiger partial charge is 0.399 e. The molecule has 5 heteroatoms. The van der Waals surface area contributed by atoms with Gasteiger partial charge in [0.15, 0.2) is 0 Å². The van der Waals surface area contributed by atoms with Crippen molar-refractivity contribution < 1.29 is 14.7 Å². The van der Waals surface area contributed by atoms with Crippen LogP contribution in [0.2, 0.25) is 0 Å². The molecule has 0 saturated carbocycles. The molecule has 2 rings (SSSR count). The number of nitrogens with two attached hydrogens (primary N) is 1. The van der Waals surface area contributed by atoms with Crippen LogP contribution < -0.4 is 5.73 Å². The molecule has 0 unspecified atom stereocenters. The van der Waals surface area contributed by atoms with Crippen molar-refractivity contribution in [2.24, 2.45) is 0 Å². The molecule has 1 heterocycles. The van der Waals surface area contributed by atoms with E-state index in [1.165, 1.54) is 12.1 Å². The Hall–Kier alpha value is -1.88. The third-order valence-electron chi connectivity index (χ3n) is 2.32. The first kappa shape index (κ1) is 9.67. The molecule has 1 aliphatic heterocycles. The highest BCUT2D eigenvalue weighted by Crippen LogP contribution is 2.24. The molecule has 0 radical (unpaired) electrons. The monoisotopic (exact) mass is 206 g/mol. The Bertz CT molecular complexity index is 442. The Morgan fingerprint density at radius 1 is 1.20 bits per heavy atom. The molecule has 0 atom stereocenters. The zero-order chi connectivity index (χ0) is 11.0. The van der Waals surface area contributed by atoms with E-state index >= 15 is 0 Å². The van der Waals surface area contributed by atoms with E-state index in [2.05, 4.69) is 0 Å². The number of rotatable bonds is 2. The van der Waals surface area contributed by atoms with Crippen molar-refractivity contribution in [3.63, 3.8) is 0 Å². The van der Waals surface area contributed by atoms with E-state index in [4.69, 9.17) is 10.8 Å². The number of hydrogen-bond donors (Lipinski definition) is 2. The van der Waals surface area contributed by atoms with Gasteiger partial charge < -0.3 is 10.8 Å². The summed E-state index contributed by atoms with van der Waals surface area (Å²) in [6.07, 6.45) is 0. The number of fused-ring (bicyclic) bond motifs is 1. The van der Waals surface area contributed by atoms with E-state index in [1.54, 1.807) is 6.07 Å². The number of nitrogen functional groups attached to an aromatic ring is 1. The van der Waals surface area contributed by atoms with Gasteiger partial charge in [-0.25, -0.2) is 0 Å². The van der Waals surface area contributed by atoms with Gasteiger partial charge in [0.2, 0.25) is 0 Å². The number of nitrogens with zero attached hydrogens (tertiary/aromatic N) is 1. The van der Waals surface area contributed by atoms with Gasteiger partial charge in [-0.3, -0.25) is 14.5 Å². The van der Waals surface area contributed by atoms with Crippen LogP contribution in [-0.2, 0) is 0 Å². The van der Waals surface area contributed by atoms with E-state index in [-0.39, 0.29) is 19.1 Å². The molecule has 0 fully saturated rings. The molecule has 0 spiro atoms. The lowest BCUT2D eigenvalue weighted by molar-refractivity contribution is 0.0624. The topological polar surface area (TPSA) is 83.6 Å². The second kappa shape index (κ2) is 3.36. The number of amides is 2. The molecule has 15 heavy (non-hydrogen) atoms. The SMILES string of the molecule is Nc1ccc2c(c1)C(=O)N(CCO)C2=O. The maximum absolute atomic E-state index is 11.7. The van der Waals surface area contributed by atoms with Gasteiger partial charge in [0.1, 0.15) is 0 Å². The Kier molecular flexibility index (Phi) is 2.17. The third-order valence-corrected chi connectivity index (χ3v) is 2.32. The van der Waals surface area contributed by atoms with E-state index in [0.717, 1.165) is 4.90 Å². The van der Waals surface area contributed by atoms with E-state index in [1.807, 2.05) is 0 Å². The number of anilines is 1. The zero-order valence-corrected chi connectivity index (χ0v) is 7.93. The first-order valence-corrected chi connectivity index (χ1v) is 4.51. The maximum atomic E-state index is 11.7. The van der Waals surface area contributed by atoms with Crippen molar-refractivity contribution in [3.8, 4) is 0 Å². The van der Waals surface area contributed by atoms with Crippen LogP contribution in [0.1, 0.15) is 20.7 Å². The molecular weight excluding hydrogens is 196 g/mol. The van der Waals surface area contributed by atoms with Gasteiger partial charge in [-0.15, -0.1) is 0 Å². The number of imide groups is 1. The Balaban J connectivity index is 2.46. The lowest BCUT2D eigenvalue weighted by Gasteiger charge is -2.10. The summed E-state index contributed by atoms with van der Waals surface area (Å²) in [5.41, 5.74) is 6.63. The van der Waals surface area contributed by atoms with Gasteiger partial charge in [0, 0.05) is 5.69 Å². The zero-order valence-electron chi connectivity index (χ0n) is 7.93. The lowest BCUT2D eigenvalue weighted by atomic mass is 10.1. The van der Waals surface area contributed by atoms with E-state index in [0.29, 0.717) is 16.8 Å². The Labute approximate surface area is 86.1 Å². The van der Waals surface area contributed by atoms with Gasteiger partial charge >= 0.3 is 0 Å². The summed E-state index contributed by atoms with van der Waals surface area (Å²) in [7, 11) is 0. The van der Waals surface area contributed by atoms with Crippen LogP contribution in [0.5, 0.6) is 0 Å². The van der Waals surface area contributed by atoms with Crippen LogP contribution in [-0.4, -0.2) is 35.0 Å². The highest BCUT2D eigenvalue weighted by atomic mass is 16.3. The predicted octanol–water partition coefficient (Wildman–Crippen LogP) is -0.143. The van der Waals surface area contributed by atoms with Crippen molar-refractivity contribution in [1.82, 2.24) is 4.90 Å². The summed E-state index contributed by atoms with van der Waals surface area (Å²) >= 11 is 0. The normalized spacial score (nSPS) is 14.6. The van der Waals surface area contributed by atoms with Crippen LogP contribution in [0.15, 0.2) is 18.2 Å². The quantitative estimate of drug-likeness (QED) is 0.521. The first-order valence-electron chi connectivity index (χ1n) is 4.51. The van der Waals surface area contributed by atoms with Crippen molar-refractivity contribution >= 4 is 17.5 Å². The summed E-state index contributed by atoms with van der Waals surface area (Å²) in [6, 6.07) is 4.58. The molecule has 1 aliphatic rings. The number of aliphatic hydroxyl groups excluding tert-OH is 1. The van der Waals surface area contributed by atoms with E-state index in [9.17, 15) is 9.59 Å². The summed E-state index contributed by atoms with van der Waals surface area (Å²) in [4.78, 5) is 24.4. The van der Waals surface area contributed by atoms with Crippen molar-refractivity contribution in [2.75, 3.05) is 18.9 Å². The van der Waals surface area contributed by atoms with Gasteiger partial charge in [-0.05, 0) is 18.2 Å². The average Bonchev–Trinajstić information content (AvgIpc) is 2.44. The van der Waals surface area contributed by atoms with E-state index < -0.39 is 5.91 Å². The van der Waals surface area contributed by atoms with Crippen LogP contribution in [0, 0.1) is 0 Å². The first-order chi connectivity index (χ1) is 7.15. The Morgan fingerprint density at radius 2 is 1.87 bits per heavy atom. The van der Waals surface area contributed by atoms with Gasteiger partial charge in [0.25, 0.3) is 11.8 Å². The molecule has 78 valence electrons. The fourth-order valence-corrected chi connectivity index (χ4v) is 1.61. The molecule has 0 saturated heterocycles. The average molecular weight is 206 g/mol. The number of β-amino-alcohol motifs (C(OH)–C–C–N with tert-alkyl or cyclic N) is 1. The molecule has 3 N–H and O–H groups in total. The molecule has 5 nitrogen and oxygen atoms in total. The van der Waals surface area contributed by atoms with Gasteiger partial charge in [-0.2, -0.15) is 0 Å². The fraction of sp³-hybridized carbons (Fsp3) is 0.200. The highest BCUT2D eigenvalue weighted by Gasteiger charge is 2.34. The van der Waals surface area contributed by atoms with Crippen LogP contribution >= 0.6 is 0 Å². The van der Waals surface area contributed by atoms with Gasteiger partial charge in [0.05, 0.1) is 24.3 Å². The number of hydrogen-bond acceptors (Lipinski definition) is 4. The number of aliphatic hydroxyl groups is 1. The standard InChI is InChI=1S/C10H10N2O3/c11-6-1-2-7-8(5-6)10(15)12(3-4-13)9(7)14/h1-2,5,13H,3-4,11H2. The van der Waals surface area contributed by atoms with Crippen molar-refractivity contribution in [1.29, 1.82) is 0 Å². The molecule has 0 aromatic heterocycles. The minimum Gasteiger partial charge on any atom is -0.399 e. The number of benzene rings is 1. The minimum absolute atomic E-state index is 0.0201. The van der Waals surface area contributed by atoms with Crippen LogP contribution in [0.4, 0.5) is 5.69 Å². The maximum Gasteiger partial charge on any atom is 0.261 e. The summed E-state index contributed by atoms with van der Waals surface area (Å²) in [5, 5.41) is 8.73. The number of carbonyl (C=O) groups is 2. The molecule has 0 aliphatic carbocycles. The second-order valence-corrected chi connectivity index (χ2v) is 3.29. The number of carbonyl (C=O) groups excluding carboxylic acids is 2. The molecule has 0 bridgehead atoms. The lowest BCUT2D eigenvalue weighted by Crippen LogP contribution is -2.32. The summed E-state index contributed by atoms with van der Waals surface area (Å²) in [5.74, 6) is -0.764. The highest BCUT2D eigenvalue weighted by molar-refractivity contribution is 6.21. The van der Waals surface area contributed by atoms with Crippen LogP contribution in [0.25, 0.3) is 0 Å². The minimum atomic E-state index is -0.392. The predicted molar refractivity (Wildman–Crippen MR) is 53.3 cm³/mol.